The second-order valence-corrected chi connectivity index (χ2v) is 6.90. The number of aromatic carboxylic acids is 1. The molecule has 0 radical (unpaired) electrons. The first-order valence-corrected chi connectivity index (χ1v) is 7.87. The Kier molecular flexibility index (Phi) is 4.65. The van der Waals surface area contributed by atoms with E-state index in [1.54, 1.807) is 0 Å². The number of carboxylic acids is 1. The van der Waals surface area contributed by atoms with Gasteiger partial charge in [-0.2, -0.15) is 0 Å². The third-order valence-electron chi connectivity index (χ3n) is 3.58. The van der Waals surface area contributed by atoms with E-state index in [4.69, 9.17) is 0 Å². The van der Waals surface area contributed by atoms with Crippen LogP contribution in [0.25, 0.3) is 0 Å². The number of rotatable bonds is 5. The van der Waals surface area contributed by atoms with Crippen LogP contribution in [0.2, 0.25) is 0 Å². The monoisotopic (exact) mass is 297 g/mol. The highest BCUT2D eigenvalue weighted by atomic mass is 32.1. The molecule has 0 amide bonds. The lowest BCUT2D eigenvalue weighted by molar-refractivity contribution is 0.0700. The van der Waals surface area contributed by atoms with E-state index in [2.05, 4.69) is 28.9 Å². The van der Waals surface area contributed by atoms with E-state index < -0.39 is 5.97 Å². The van der Waals surface area contributed by atoms with Gasteiger partial charge in [0.2, 0.25) is 0 Å². The molecule has 2 heterocycles. The predicted molar refractivity (Wildman–Crippen MR) is 82.1 cm³/mol. The van der Waals surface area contributed by atoms with Crippen molar-refractivity contribution >= 4 is 22.4 Å². The number of aromatic nitrogens is 1. The lowest BCUT2D eigenvalue weighted by Crippen LogP contribution is -2.37. The topological polar surface area (TPSA) is 56.7 Å². The van der Waals surface area contributed by atoms with E-state index in [-0.39, 0.29) is 5.92 Å². The normalized spacial score (nSPS) is 19.3. The second-order valence-electron chi connectivity index (χ2n) is 5.92. The van der Waals surface area contributed by atoms with E-state index in [9.17, 15) is 9.90 Å². The molecule has 2 rings (SSSR count). The Labute approximate surface area is 124 Å². The number of carbonyl (C=O) groups is 1. The van der Waals surface area contributed by atoms with Gasteiger partial charge in [-0.05, 0) is 32.9 Å². The number of nitrogens with zero attached hydrogens (tertiary/aromatic N) is 3. The molecule has 6 heteroatoms. The number of hydrogen-bond acceptors (Lipinski definition) is 5. The molecule has 0 aliphatic carbocycles. The maximum atomic E-state index is 11.4. The van der Waals surface area contributed by atoms with Crippen molar-refractivity contribution in [2.45, 2.75) is 38.6 Å². The Morgan fingerprint density at radius 1 is 1.55 bits per heavy atom. The first-order valence-electron chi connectivity index (χ1n) is 7.05. The summed E-state index contributed by atoms with van der Waals surface area (Å²) in [6.07, 6.45) is 2.30. The van der Waals surface area contributed by atoms with Crippen LogP contribution < -0.4 is 4.90 Å². The predicted octanol–water partition coefficient (Wildman–Crippen LogP) is 2.50. The third-order valence-corrected chi connectivity index (χ3v) is 4.68. The van der Waals surface area contributed by atoms with Crippen molar-refractivity contribution in [1.82, 2.24) is 9.88 Å². The van der Waals surface area contributed by atoms with Crippen LogP contribution >= 0.6 is 11.3 Å². The highest BCUT2D eigenvalue weighted by molar-refractivity contribution is 7.17. The standard InChI is InChI=1S/C14H23N3O2S/c1-9(2)11-12(13(18)19)20-14(15-11)17-7-5-6-10(17)8-16(3)4/h9-10H,5-8H2,1-4H3,(H,18,19). The van der Waals surface area contributed by atoms with Crippen molar-refractivity contribution in [2.75, 3.05) is 32.1 Å². The first-order chi connectivity index (χ1) is 9.40. The molecular formula is C14H23N3O2S. The highest BCUT2D eigenvalue weighted by Gasteiger charge is 2.30. The van der Waals surface area contributed by atoms with Crippen molar-refractivity contribution in [3.05, 3.63) is 10.6 Å². The fraction of sp³-hybridized carbons (Fsp3) is 0.714. The van der Waals surface area contributed by atoms with Gasteiger partial charge in [0.25, 0.3) is 0 Å². The van der Waals surface area contributed by atoms with Gasteiger partial charge in [-0.1, -0.05) is 25.2 Å². The minimum Gasteiger partial charge on any atom is -0.477 e. The summed E-state index contributed by atoms with van der Waals surface area (Å²) in [5.74, 6) is -0.721. The molecule has 1 unspecified atom stereocenters. The number of anilines is 1. The number of hydrogen-bond donors (Lipinski definition) is 1. The van der Waals surface area contributed by atoms with Crippen LogP contribution in [0.4, 0.5) is 5.13 Å². The van der Waals surface area contributed by atoms with Crippen molar-refractivity contribution in [3.8, 4) is 0 Å². The Bertz CT molecular complexity index is 485. The molecule has 0 bridgehead atoms. The second kappa shape index (κ2) is 6.10. The van der Waals surface area contributed by atoms with Crippen molar-refractivity contribution in [3.63, 3.8) is 0 Å². The fourth-order valence-corrected chi connectivity index (χ4v) is 3.84. The van der Waals surface area contributed by atoms with Crippen molar-refractivity contribution in [1.29, 1.82) is 0 Å². The lowest BCUT2D eigenvalue weighted by Gasteiger charge is -2.26. The smallest absolute Gasteiger partial charge is 0.347 e. The maximum Gasteiger partial charge on any atom is 0.347 e. The van der Waals surface area contributed by atoms with E-state index >= 15 is 0 Å². The van der Waals surface area contributed by atoms with Gasteiger partial charge in [0, 0.05) is 19.1 Å². The summed E-state index contributed by atoms with van der Waals surface area (Å²) < 4.78 is 0. The van der Waals surface area contributed by atoms with Gasteiger partial charge >= 0.3 is 5.97 Å². The fourth-order valence-electron chi connectivity index (χ4n) is 2.69. The molecule has 1 aromatic rings. The summed E-state index contributed by atoms with van der Waals surface area (Å²) in [6.45, 7) is 5.95. The van der Waals surface area contributed by atoms with E-state index in [0.29, 0.717) is 16.6 Å². The van der Waals surface area contributed by atoms with Crippen LogP contribution in [0.5, 0.6) is 0 Å². The number of thiazole rings is 1. The van der Waals surface area contributed by atoms with Crippen molar-refractivity contribution < 1.29 is 9.90 Å². The summed E-state index contributed by atoms with van der Waals surface area (Å²) in [5.41, 5.74) is 0.716. The van der Waals surface area contributed by atoms with Gasteiger partial charge in [0.05, 0.1) is 5.69 Å². The average Bonchev–Trinajstić information content (AvgIpc) is 2.93. The summed E-state index contributed by atoms with van der Waals surface area (Å²) >= 11 is 1.32. The largest absolute Gasteiger partial charge is 0.477 e. The zero-order chi connectivity index (χ0) is 14.9. The number of carboxylic acid groups (broad SMARTS) is 1. The summed E-state index contributed by atoms with van der Waals surface area (Å²) in [4.78, 5) is 20.8. The quantitative estimate of drug-likeness (QED) is 0.905. The first kappa shape index (κ1) is 15.3. The molecule has 1 fully saturated rings. The minimum atomic E-state index is -0.860. The molecule has 1 aliphatic rings. The molecule has 0 aromatic carbocycles. The minimum absolute atomic E-state index is 0.140. The Morgan fingerprint density at radius 3 is 2.75 bits per heavy atom. The molecule has 1 saturated heterocycles. The average molecular weight is 297 g/mol. The van der Waals surface area contributed by atoms with Crippen LogP contribution in [0, 0.1) is 0 Å². The highest BCUT2D eigenvalue weighted by Crippen LogP contribution is 2.34. The molecule has 1 aliphatic heterocycles. The Hall–Kier alpha value is -1.14. The Balaban J connectivity index is 2.28. The van der Waals surface area contributed by atoms with Gasteiger partial charge in [-0.25, -0.2) is 9.78 Å². The van der Waals surface area contributed by atoms with Gasteiger partial charge in [-0.3, -0.25) is 0 Å². The molecule has 1 aromatic heterocycles. The zero-order valence-electron chi connectivity index (χ0n) is 12.6. The lowest BCUT2D eigenvalue weighted by atomic mass is 10.1. The molecule has 1 N–H and O–H groups in total. The summed E-state index contributed by atoms with van der Waals surface area (Å²) in [5, 5.41) is 10.2. The van der Waals surface area contributed by atoms with E-state index in [0.717, 1.165) is 31.1 Å². The van der Waals surface area contributed by atoms with Gasteiger partial charge < -0.3 is 14.9 Å². The van der Waals surface area contributed by atoms with E-state index in [1.165, 1.54) is 11.3 Å². The maximum absolute atomic E-state index is 11.4. The van der Waals surface area contributed by atoms with Crippen LogP contribution in [-0.2, 0) is 0 Å². The van der Waals surface area contributed by atoms with Gasteiger partial charge in [-0.15, -0.1) is 0 Å². The van der Waals surface area contributed by atoms with Gasteiger partial charge in [0.15, 0.2) is 5.13 Å². The summed E-state index contributed by atoms with van der Waals surface area (Å²) in [7, 11) is 4.14. The molecule has 112 valence electrons. The Morgan fingerprint density at radius 2 is 2.25 bits per heavy atom. The van der Waals surface area contributed by atoms with E-state index in [1.807, 2.05) is 13.8 Å². The van der Waals surface area contributed by atoms with Crippen LogP contribution in [0.1, 0.15) is 48.0 Å². The molecule has 5 nitrogen and oxygen atoms in total. The summed E-state index contributed by atoms with van der Waals surface area (Å²) in [6, 6.07) is 0.442. The van der Waals surface area contributed by atoms with Crippen LogP contribution in [0.15, 0.2) is 0 Å². The molecule has 0 saturated carbocycles. The van der Waals surface area contributed by atoms with Crippen molar-refractivity contribution in [2.24, 2.45) is 0 Å². The third kappa shape index (κ3) is 3.12. The van der Waals surface area contributed by atoms with Crippen LogP contribution in [0.3, 0.4) is 0 Å². The molecule has 1 atom stereocenters. The molecular weight excluding hydrogens is 274 g/mol. The SMILES string of the molecule is CC(C)c1nc(N2CCCC2CN(C)C)sc1C(=O)O. The molecule has 0 spiro atoms. The number of likely N-dealkylation sites (N-methyl/N-ethyl adjacent to an activating group) is 1. The van der Waals surface area contributed by atoms with Crippen LogP contribution in [-0.4, -0.2) is 54.2 Å². The zero-order valence-corrected chi connectivity index (χ0v) is 13.4. The van der Waals surface area contributed by atoms with Gasteiger partial charge in [0.1, 0.15) is 4.88 Å². The molecule has 20 heavy (non-hydrogen) atoms.